The van der Waals surface area contributed by atoms with Gasteiger partial charge in [-0.15, -0.1) is 0 Å². The molecule has 0 bridgehead atoms. The minimum Gasteiger partial charge on any atom is -0.307 e. The Labute approximate surface area is 117 Å². The molecule has 1 unspecified atom stereocenters. The van der Waals surface area contributed by atoms with E-state index in [1.54, 1.807) is 11.1 Å². The second-order valence-corrected chi connectivity index (χ2v) is 6.93. The molecule has 0 spiro atoms. The lowest BCUT2D eigenvalue weighted by Gasteiger charge is -2.37. The molecule has 1 aliphatic heterocycles. The maximum Gasteiger partial charge on any atom is 0.0440 e. The van der Waals surface area contributed by atoms with Crippen LogP contribution < -0.4 is 5.32 Å². The molecule has 19 heavy (non-hydrogen) atoms. The highest BCUT2D eigenvalue weighted by Gasteiger charge is 2.38. The molecule has 1 heterocycles. The summed E-state index contributed by atoms with van der Waals surface area (Å²) in [5, 5.41) is 3.86. The molecular weight excluding hydrogens is 230 g/mol. The van der Waals surface area contributed by atoms with Crippen molar-refractivity contribution in [3.05, 3.63) is 35.4 Å². The van der Waals surface area contributed by atoms with E-state index in [1.807, 2.05) is 0 Å². The number of hydrogen-bond donors (Lipinski definition) is 1. The SMILES string of the molecule is CC(C)CC1(c2ccccc2C2CCC2)CCCN1. The summed E-state index contributed by atoms with van der Waals surface area (Å²) in [6.07, 6.45) is 8.13. The van der Waals surface area contributed by atoms with Gasteiger partial charge in [-0.05, 0) is 61.6 Å². The molecule has 1 atom stereocenters. The fourth-order valence-electron chi connectivity index (χ4n) is 4.03. The van der Waals surface area contributed by atoms with Gasteiger partial charge in [0.05, 0.1) is 0 Å². The maximum atomic E-state index is 3.86. The average Bonchev–Trinajstić information content (AvgIpc) is 2.76. The predicted octanol–water partition coefficient (Wildman–Crippen LogP) is 4.58. The van der Waals surface area contributed by atoms with Gasteiger partial charge < -0.3 is 5.32 Å². The largest absolute Gasteiger partial charge is 0.307 e. The summed E-state index contributed by atoms with van der Waals surface area (Å²) in [4.78, 5) is 0. The smallest absolute Gasteiger partial charge is 0.0440 e. The molecule has 1 aromatic carbocycles. The zero-order valence-electron chi connectivity index (χ0n) is 12.4. The minimum absolute atomic E-state index is 0.264. The van der Waals surface area contributed by atoms with Crippen LogP contribution in [0.5, 0.6) is 0 Å². The topological polar surface area (TPSA) is 12.0 Å². The van der Waals surface area contributed by atoms with Crippen molar-refractivity contribution in [1.29, 1.82) is 0 Å². The summed E-state index contributed by atoms with van der Waals surface area (Å²) in [5.74, 6) is 1.59. The van der Waals surface area contributed by atoms with Gasteiger partial charge >= 0.3 is 0 Å². The van der Waals surface area contributed by atoms with Crippen LogP contribution in [0.4, 0.5) is 0 Å². The zero-order valence-corrected chi connectivity index (χ0v) is 12.4. The molecule has 2 aliphatic rings. The summed E-state index contributed by atoms with van der Waals surface area (Å²) in [7, 11) is 0. The lowest BCUT2D eigenvalue weighted by Crippen LogP contribution is -2.39. The van der Waals surface area contributed by atoms with Crippen LogP contribution in [0.15, 0.2) is 24.3 Å². The molecular formula is C18H27N. The fourth-order valence-corrected chi connectivity index (χ4v) is 4.03. The van der Waals surface area contributed by atoms with Gasteiger partial charge in [0.2, 0.25) is 0 Å². The molecule has 0 radical (unpaired) electrons. The molecule has 1 N–H and O–H groups in total. The normalized spacial score (nSPS) is 27.7. The van der Waals surface area contributed by atoms with E-state index in [1.165, 1.54) is 45.1 Å². The van der Waals surface area contributed by atoms with Gasteiger partial charge in [-0.1, -0.05) is 44.5 Å². The Balaban J connectivity index is 1.97. The summed E-state index contributed by atoms with van der Waals surface area (Å²) < 4.78 is 0. The van der Waals surface area contributed by atoms with E-state index in [0.717, 1.165) is 11.8 Å². The Morgan fingerprint density at radius 2 is 2.00 bits per heavy atom. The van der Waals surface area contributed by atoms with E-state index >= 15 is 0 Å². The first-order valence-corrected chi connectivity index (χ1v) is 8.06. The highest BCUT2D eigenvalue weighted by Crippen LogP contribution is 2.45. The van der Waals surface area contributed by atoms with Gasteiger partial charge in [0.1, 0.15) is 0 Å². The third-order valence-corrected chi connectivity index (χ3v) is 5.02. The molecule has 1 saturated heterocycles. The van der Waals surface area contributed by atoms with Crippen molar-refractivity contribution in [3.8, 4) is 0 Å². The summed E-state index contributed by atoms with van der Waals surface area (Å²) in [6.45, 7) is 5.90. The first-order chi connectivity index (χ1) is 9.21. The molecule has 1 aliphatic carbocycles. The third kappa shape index (κ3) is 2.45. The van der Waals surface area contributed by atoms with Crippen LogP contribution in [0.25, 0.3) is 0 Å². The first-order valence-electron chi connectivity index (χ1n) is 8.06. The van der Waals surface area contributed by atoms with Gasteiger partial charge in [0, 0.05) is 5.54 Å². The fraction of sp³-hybridized carbons (Fsp3) is 0.667. The molecule has 3 rings (SSSR count). The Morgan fingerprint density at radius 1 is 1.21 bits per heavy atom. The van der Waals surface area contributed by atoms with Crippen molar-refractivity contribution >= 4 is 0 Å². The molecule has 104 valence electrons. The van der Waals surface area contributed by atoms with Crippen molar-refractivity contribution in [3.63, 3.8) is 0 Å². The molecule has 0 aromatic heterocycles. The van der Waals surface area contributed by atoms with Crippen molar-refractivity contribution in [2.45, 2.75) is 63.8 Å². The average molecular weight is 257 g/mol. The van der Waals surface area contributed by atoms with Crippen molar-refractivity contribution in [1.82, 2.24) is 5.32 Å². The monoisotopic (exact) mass is 257 g/mol. The van der Waals surface area contributed by atoms with E-state index in [-0.39, 0.29) is 5.54 Å². The second-order valence-electron chi connectivity index (χ2n) is 6.93. The van der Waals surface area contributed by atoms with E-state index in [4.69, 9.17) is 0 Å². The molecule has 1 heteroatoms. The minimum atomic E-state index is 0.264. The first kappa shape index (κ1) is 13.2. The number of nitrogens with one attached hydrogen (secondary N) is 1. The van der Waals surface area contributed by atoms with Crippen LogP contribution in [0.3, 0.4) is 0 Å². The van der Waals surface area contributed by atoms with Crippen LogP contribution in [-0.4, -0.2) is 6.54 Å². The second kappa shape index (κ2) is 5.28. The lowest BCUT2D eigenvalue weighted by molar-refractivity contribution is 0.302. The van der Waals surface area contributed by atoms with Crippen LogP contribution >= 0.6 is 0 Å². The Morgan fingerprint density at radius 3 is 2.58 bits per heavy atom. The molecule has 1 aromatic rings. The summed E-state index contributed by atoms with van der Waals surface area (Å²) >= 11 is 0. The quantitative estimate of drug-likeness (QED) is 0.832. The van der Waals surface area contributed by atoms with Gasteiger partial charge in [0.15, 0.2) is 0 Å². The van der Waals surface area contributed by atoms with E-state index < -0.39 is 0 Å². The zero-order chi connectivity index (χ0) is 13.3. The highest BCUT2D eigenvalue weighted by atomic mass is 15.0. The van der Waals surface area contributed by atoms with Crippen LogP contribution in [0.2, 0.25) is 0 Å². The van der Waals surface area contributed by atoms with Crippen molar-refractivity contribution in [2.75, 3.05) is 6.54 Å². The number of hydrogen-bond acceptors (Lipinski definition) is 1. The van der Waals surface area contributed by atoms with Gasteiger partial charge in [-0.2, -0.15) is 0 Å². The maximum absolute atomic E-state index is 3.86. The number of benzene rings is 1. The van der Waals surface area contributed by atoms with Gasteiger partial charge in [-0.3, -0.25) is 0 Å². The van der Waals surface area contributed by atoms with Gasteiger partial charge in [-0.25, -0.2) is 0 Å². The molecule has 0 amide bonds. The molecule has 1 nitrogen and oxygen atoms in total. The van der Waals surface area contributed by atoms with E-state index in [9.17, 15) is 0 Å². The molecule has 1 saturated carbocycles. The molecule has 2 fully saturated rings. The van der Waals surface area contributed by atoms with E-state index in [0.29, 0.717) is 0 Å². The lowest BCUT2D eigenvalue weighted by atomic mass is 9.72. The third-order valence-electron chi connectivity index (χ3n) is 5.02. The van der Waals surface area contributed by atoms with Crippen LogP contribution in [0.1, 0.15) is 69.4 Å². The summed E-state index contributed by atoms with van der Waals surface area (Å²) in [5.41, 5.74) is 3.52. The number of rotatable bonds is 4. The predicted molar refractivity (Wildman–Crippen MR) is 81.4 cm³/mol. The van der Waals surface area contributed by atoms with Crippen LogP contribution in [0, 0.1) is 5.92 Å². The highest BCUT2D eigenvalue weighted by molar-refractivity contribution is 5.38. The van der Waals surface area contributed by atoms with Crippen molar-refractivity contribution in [2.24, 2.45) is 5.92 Å². The standard InChI is InChI=1S/C18H27N/c1-14(2)13-18(11-6-12-19-18)17-10-4-3-9-16(17)15-7-5-8-15/h3-4,9-10,14-15,19H,5-8,11-13H2,1-2H3. The van der Waals surface area contributed by atoms with Crippen molar-refractivity contribution < 1.29 is 0 Å². The Bertz CT molecular complexity index is 425. The Hall–Kier alpha value is -0.820. The van der Waals surface area contributed by atoms with Crippen LogP contribution in [-0.2, 0) is 5.54 Å². The summed E-state index contributed by atoms with van der Waals surface area (Å²) in [6, 6.07) is 9.25. The van der Waals surface area contributed by atoms with Gasteiger partial charge in [0.25, 0.3) is 0 Å². The Kier molecular flexibility index (Phi) is 3.66. The van der Waals surface area contributed by atoms with E-state index in [2.05, 4.69) is 43.4 Å².